The number of nitro groups is 1. The molecule has 0 amide bonds. The SMILES string of the molecule is O=[N+]([O-])c1cnn2ccc(N3CCC[C@@H]3c3cc(F)ccc3OS(=O)(=O)C(F)(F)F)nc12. The number of alkyl halides is 3. The van der Waals surface area contributed by atoms with Gasteiger partial charge in [0, 0.05) is 18.3 Å². The Balaban J connectivity index is 1.76. The molecule has 0 saturated carbocycles. The second kappa shape index (κ2) is 7.58. The van der Waals surface area contributed by atoms with Crippen molar-refractivity contribution in [1.29, 1.82) is 0 Å². The lowest BCUT2D eigenvalue weighted by Gasteiger charge is -2.27. The maximum atomic E-state index is 14.0. The smallest absolute Gasteiger partial charge is 0.376 e. The summed E-state index contributed by atoms with van der Waals surface area (Å²) in [4.78, 5) is 16.3. The van der Waals surface area contributed by atoms with E-state index in [2.05, 4.69) is 14.3 Å². The molecule has 0 N–H and O–H groups in total. The first kappa shape index (κ1) is 21.7. The zero-order valence-corrected chi connectivity index (χ0v) is 16.7. The van der Waals surface area contributed by atoms with Gasteiger partial charge in [0.05, 0.1) is 11.0 Å². The van der Waals surface area contributed by atoms with E-state index in [0.717, 1.165) is 24.4 Å². The Morgan fingerprint density at radius 2 is 2.00 bits per heavy atom. The lowest BCUT2D eigenvalue weighted by molar-refractivity contribution is -0.383. The van der Waals surface area contributed by atoms with Crippen LogP contribution in [0.15, 0.2) is 36.7 Å². The lowest BCUT2D eigenvalue weighted by atomic mass is 10.0. The maximum Gasteiger partial charge on any atom is 0.534 e. The van der Waals surface area contributed by atoms with E-state index in [1.807, 2.05) is 0 Å². The van der Waals surface area contributed by atoms with Gasteiger partial charge in [0.15, 0.2) is 0 Å². The molecule has 1 aliphatic rings. The second-order valence-electron chi connectivity index (χ2n) is 6.86. The monoisotopic (exact) mass is 475 g/mol. The normalized spacial score (nSPS) is 17.1. The van der Waals surface area contributed by atoms with E-state index < -0.39 is 38.2 Å². The predicted molar refractivity (Wildman–Crippen MR) is 101 cm³/mol. The fourth-order valence-corrected chi connectivity index (χ4v) is 4.00. The summed E-state index contributed by atoms with van der Waals surface area (Å²) in [6.45, 7) is 0.331. The van der Waals surface area contributed by atoms with Crippen molar-refractivity contribution in [2.24, 2.45) is 0 Å². The molecule has 1 aromatic carbocycles. The van der Waals surface area contributed by atoms with Gasteiger partial charge in [-0.05, 0) is 37.1 Å². The summed E-state index contributed by atoms with van der Waals surface area (Å²) < 4.78 is 80.8. The van der Waals surface area contributed by atoms with Crippen LogP contribution in [0.1, 0.15) is 24.4 Å². The predicted octanol–water partition coefficient (Wildman–Crippen LogP) is 3.35. The highest BCUT2D eigenvalue weighted by molar-refractivity contribution is 7.88. The van der Waals surface area contributed by atoms with E-state index in [1.54, 1.807) is 4.90 Å². The quantitative estimate of drug-likeness (QED) is 0.181. The number of halogens is 4. The Labute approximate surface area is 177 Å². The average Bonchev–Trinajstić information content (AvgIpc) is 3.34. The molecular weight excluding hydrogens is 462 g/mol. The highest BCUT2D eigenvalue weighted by Gasteiger charge is 2.49. The van der Waals surface area contributed by atoms with Crippen LogP contribution < -0.4 is 9.08 Å². The molecule has 0 spiro atoms. The first-order valence-electron chi connectivity index (χ1n) is 9.03. The van der Waals surface area contributed by atoms with E-state index in [0.29, 0.717) is 19.4 Å². The number of anilines is 1. The Bertz CT molecular complexity index is 1310. The molecule has 4 rings (SSSR count). The van der Waals surface area contributed by atoms with E-state index in [9.17, 15) is 36.1 Å². The molecule has 1 aliphatic heterocycles. The third-order valence-electron chi connectivity index (χ3n) is 4.89. The molecule has 3 heterocycles. The van der Waals surface area contributed by atoms with Gasteiger partial charge in [-0.15, -0.1) is 0 Å². The largest absolute Gasteiger partial charge is 0.534 e. The molecule has 1 fully saturated rings. The van der Waals surface area contributed by atoms with Crippen LogP contribution in [0.5, 0.6) is 5.75 Å². The Kier molecular flexibility index (Phi) is 5.15. The Hall–Kier alpha value is -3.49. The zero-order chi connectivity index (χ0) is 23.3. The van der Waals surface area contributed by atoms with Crippen LogP contribution in [0, 0.1) is 15.9 Å². The summed E-state index contributed by atoms with van der Waals surface area (Å²) in [5.41, 5.74) is -6.20. The molecular formula is C17H13F4N5O5S. The van der Waals surface area contributed by atoms with E-state index >= 15 is 0 Å². The highest BCUT2D eigenvalue weighted by atomic mass is 32.2. The summed E-state index contributed by atoms with van der Waals surface area (Å²) in [6.07, 6.45) is 3.27. The van der Waals surface area contributed by atoms with E-state index in [-0.39, 0.29) is 22.7 Å². The molecule has 0 bridgehead atoms. The van der Waals surface area contributed by atoms with Gasteiger partial charge in [0.1, 0.15) is 23.6 Å². The van der Waals surface area contributed by atoms with Gasteiger partial charge in [0.2, 0.25) is 5.65 Å². The standard InChI is InChI=1S/C17H13F4N5O5S/c18-10-3-4-14(31-32(29,30)17(19,20)21)11(8-10)12-2-1-6-24(12)15-5-7-25-16(23-15)13(9-22-25)26(27)28/h3-5,7-9,12H,1-2,6H2/t12-/m1/s1. The number of nitrogens with zero attached hydrogens (tertiary/aromatic N) is 5. The molecule has 0 aliphatic carbocycles. The average molecular weight is 475 g/mol. The van der Waals surface area contributed by atoms with E-state index in [4.69, 9.17) is 0 Å². The zero-order valence-electron chi connectivity index (χ0n) is 15.9. The summed E-state index contributed by atoms with van der Waals surface area (Å²) >= 11 is 0. The van der Waals surface area contributed by atoms with Gasteiger partial charge in [-0.2, -0.15) is 26.7 Å². The fourth-order valence-electron chi connectivity index (χ4n) is 3.52. The molecule has 3 aromatic rings. The van der Waals surface area contributed by atoms with Gasteiger partial charge in [0.25, 0.3) is 0 Å². The first-order valence-corrected chi connectivity index (χ1v) is 10.4. The van der Waals surface area contributed by atoms with Crippen LogP contribution >= 0.6 is 0 Å². The minimum absolute atomic E-state index is 0.0616. The van der Waals surface area contributed by atoms with Crippen molar-refractivity contribution in [3.05, 3.63) is 58.2 Å². The molecule has 170 valence electrons. The summed E-state index contributed by atoms with van der Waals surface area (Å²) in [6, 6.07) is 3.17. The third-order valence-corrected chi connectivity index (χ3v) is 5.86. The van der Waals surface area contributed by atoms with E-state index in [1.165, 1.54) is 16.8 Å². The topological polar surface area (TPSA) is 120 Å². The van der Waals surface area contributed by atoms with Crippen molar-refractivity contribution < 1.29 is 35.1 Å². The van der Waals surface area contributed by atoms with Crippen LogP contribution in [0.2, 0.25) is 0 Å². The van der Waals surface area contributed by atoms with Crippen molar-refractivity contribution in [3.63, 3.8) is 0 Å². The molecule has 2 aromatic heterocycles. The molecule has 1 atom stereocenters. The van der Waals surface area contributed by atoms with Crippen LogP contribution in [0.25, 0.3) is 5.65 Å². The van der Waals surface area contributed by atoms with Crippen LogP contribution in [0.3, 0.4) is 0 Å². The van der Waals surface area contributed by atoms with Gasteiger partial charge in [-0.3, -0.25) is 10.1 Å². The van der Waals surface area contributed by atoms with Gasteiger partial charge in [-0.1, -0.05) is 0 Å². The minimum Gasteiger partial charge on any atom is -0.376 e. The number of rotatable bonds is 5. The molecule has 1 saturated heterocycles. The number of aromatic nitrogens is 3. The number of hydrogen-bond acceptors (Lipinski definition) is 8. The summed E-state index contributed by atoms with van der Waals surface area (Å²) in [5, 5.41) is 15.0. The minimum atomic E-state index is -5.98. The molecule has 32 heavy (non-hydrogen) atoms. The van der Waals surface area contributed by atoms with Crippen molar-refractivity contribution in [1.82, 2.24) is 14.6 Å². The second-order valence-corrected chi connectivity index (χ2v) is 8.40. The number of hydrogen-bond donors (Lipinski definition) is 0. The fraction of sp³-hybridized carbons (Fsp3) is 0.294. The van der Waals surface area contributed by atoms with Crippen LogP contribution in [0.4, 0.5) is 29.1 Å². The number of benzene rings is 1. The first-order chi connectivity index (χ1) is 15.0. The maximum absolute atomic E-state index is 14.0. The lowest BCUT2D eigenvalue weighted by Crippen LogP contribution is -2.29. The molecule has 0 unspecified atom stereocenters. The molecule has 0 radical (unpaired) electrons. The van der Waals surface area contributed by atoms with Crippen molar-refractivity contribution in [3.8, 4) is 5.75 Å². The van der Waals surface area contributed by atoms with Crippen LogP contribution in [-0.4, -0.2) is 40.0 Å². The molecule has 15 heteroatoms. The number of fused-ring (bicyclic) bond motifs is 1. The Morgan fingerprint density at radius 1 is 1.25 bits per heavy atom. The summed E-state index contributed by atoms with van der Waals surface area (Å²) in [7, 11) is -5.98. The Morgan fingerprint density at radius 3 is 2.69 bits per heavy atom. The summed E-state index contributed by atoms with van der Waals surface area (Å²) in [5.74, 6) is -1.26. The van der Waals surface area contributed by atoms with Crippen LogP contribution in [-0.2, 0) is 10.1 Å². The van der Waals surface area contributed by atoms with Gasteiger partial charge >= 0.3 is 21.3 Å². The third kappa shape index (κ3) is 3.79. The van der Waals surface area contributed by atoms with Crippen molar-refractivity contribution in [2.45, 2.75) is 24.4 Å². The molecule has 10 nitrogen and oxygen atoms in total. The van der Waals surface area contributed by atoms with Gasteiger partial charge < -0.3 is 9.08 Å². The highest BCUT2D eigenvalue weighted by Crippen LogP contribution is 2.41. The van der Waals surface area contributed by atoms with Gasteiger partial charge in [-0.25, -0.2) is 13.9 Å². The van der Waals surface area contributed by atoms with Crippen molar-refractivity contribution >= 4 is 27.3 Å². The van der Waals surface area contributed by atoms with Crippen molar-refractivity contribution in [2.75, 3.05) is 11.4 Å².